The van der Waals surface area contributed by atoms with E-state index in [-0.39, 0.29) is 18.1 Å². The minimum absolute atomic E-state index is 0.00967. The third-order valence-corrected chi connectivity index (χ3v) is 5.23. The second-order valence-corrected chi connectivity index (χ2v) is 6.85. The summed E-state index contributed by atoms with van der Waals surface area (Å²) in [6, 6.07) is 7.48. The zero-order valence-corrected chi connectivity index (χ0v) is 15.3. The van der Waals surface area contributed by atoms with Gasteiger partial charge in [-0.25, -0.2) is 9.18 Å². The predicted octanol–water partition coefficient (Wildman–Crippen LogP) is 0.701. The summed E-state index contributed by atoms with van der Waals surface area (Å²) in [6.45, 7) is 1.27. The molecule has 1 aliphatic heterocycles. The molecule has 2 heterocycles. The Hall–Kier alpha value is -2.74. The van der Waals surface area contributed by atoms with Crippen LogP contribution in [0.2, 0.25) is 0 Å². The molecular weight excluding hydrogens is 353 g/mol. The number of carbonyl (C=O) groups is 1. The van der Waals surface area contributed by atoms with Gasteiger partial charge in [-0.15, -0.1) is 0 Å². The van der Waals surface area contributed by atoms with Crippen LogP contribution in [-0.4, -0.2) is 34.8 Å². The van der Waals surface area contributed by atoms with Gasteiger partial charge >= 0.3 is 5.69 Å². The minimum Gasteiger partial charge on any atom is -0.381 e. The van der Waals surface area contributed by atoms with Gasteiger partial charge in [0.2, 0.25) is 0 Å². The normalized spacial score (nSPS) is 16.1. The highest BCUT2D eigenvalue weighted by molar-refractivity contribution is 5.92. The number of benzene rings is 1. The predicted molar refractivity (Wildman–Crippen MR) is 97.4 cm³/mol. The van der Waals surface area contributed by atoms with Crippen LogP contribution in [0.4, 0.5) is 4.39 Å². The van der Waals surface area contributed by atoms with Crippen molar-refractivity contribution < 1.29 is 13.9 Å². The van der Waals surface area contributed by atoms with Crippen LogP contribution in [0.1, 0.15) is 28.9 Å². The van der Waals surface area contributed by atoms with Crippen molar-refractivity contribution in [1.82, 2.24) is 14.5 Å². The number of carbonyl (C=O) groups excluding carboxylic acids is 1. The van der Waals surface area contributed by atoms with Crippen LogP contribution >= 0.6 is 0 Å². The quantitative estimate of drug-likeness (QED) is 0.853. The molecule has 0 saturated carbocycles. The van der Waals surface area contributed by atoms with Crippen LogP contribution in [0.25, 0.3) is 0 Å². The molecule has 0 unspecified atom stereocenters. The molecule has 2 aromatic rings. The Kier molecular flexibility index (Phi) is 5.27. The van der Waals surface area contributed by atoms with E-state index < -0.39 is 22.6 Å². The fourth-order valence-electron chi connectivity index (χ4n) is 3.44. The topological polar surface area (TPSA) is 82.3 Å². The zero-order chi connectivity index (χ0) is 19.6. The van der Waals surface area contributed by atoms with Gasteiger partial charge in [-0.3, -0.25) is 18.7 Å². The van der Waals surface area contributed by atoms with Crippen LogP contribution in [0, 0.1) is 5.82 Å². The molecule has 0 bridgehead atoms. The number of hydrogen-bond acceptors (Lipinski definition) is 4. The number of rotatable bonds is 4. The van der Waals surface area contributed by atoms with Gasteiger partial charge in [0.15, 0.2) is 0 Å². The lowest BCUT2D eigenvalue weighted by molar-refractivity contribution is 0.0485. The third kappa shape index (κ3) is 3.71. The summed E-state index contributed by atoms with van der Waals surface area (Å²) in [6.07, 6.45) is 1.26. The Bertz CT molecular complexity index is 974. The average Bonchev–Trinajstić information content (AvgIpc) is 2.68. The number of ether oxygens (including phenoxy) is 1. The lowest BCUT2D eigenvalue weighted by Gasteiger charge is -2.38. The molecular formula is C19H22FN3O4. The molecule has 0 aliphatic carbocycles. The Morgan fingerprint density at radius 2 is 1.89 bits per heavy atom. The van der Waals surface area contributed by atoms with Crippen molar-refractivity contribution in [3.8, 4) is 0 Å². The molecule has 144 valence electrons. The smallest absolute Gasteiger partial charge is 0.331 e. The summed E-state index contributed by atoms with van der Waals surface area (Å²) in [4.78, 5) is 36.5. The number of nitrogens with one attached hydrogen (secondary N) is 1. The summed E-state index contributed by atoms with van der Waals surface area (Å²) >= 11 is 0. The number of amides is 1. The van der Waals surface area contributed by atoms with Crippen molar-refractivity contribution in [1.29, 1.82) is 0 Å². The van der Waals surface area contributed by atoms with E-state index in [4.69, 9.17) is 4.74 Å². The van der Waals surface area contributed by atoms with Crippen LogP contribution < -0.4 is 16.6 Å². The highest BCUT2D eigenvalue weighted by Gasteiger charge is 2.35. The first-order valence-corrected chi connectivity index (χ1v) is 8.73. The SMILES string of the molecule is Cn1c(C(=O)NCC2(c3cccc(F)c3)CCOCC2)cc(=O)n(C)c1=O. The summed E-state index contributed by atoms with van der Waals surface area (Å²) in [7, 11) is 2.79. The summed E-state index contributed by atoms with van der Waals surface area (Å²) in [5, 5.41) is 2.82. The summed E-state index contributed by atoms with van der Waals surface area (Å²) in [5.41, 5.74) is -0.796. The lowest BCUT2D eigenvalue weighted by atomic mass is 9.74. The Morgan fingerprint density at radius 3 is 2.56 bits per heavy atom. The fraction of sp³-hybridized carbons (Fsp3) is 0.421. The lowest BCUT2D eigenvalue weighted by Crippen LogP contribution is -2.46. The van der Waals surface area contributed by atoms with E-state index in [1.807, 2.05) is 6.07 Å². The van der Waals surface area contributed by atoms with Gasteiger partial charge in [0.25, 0.3) is 11.5 Å². The monoisotopic (exact) mass is 375 g/mol. The Labute approximate surface area is 155 Å². The van der Waals surface area contributed by atoms with Crippen LogP contribution in [0.15, 0.2) is 39.9 Å². The van der Waals surface area contributed by atoms with Crippen LogP contribution in [-0.2, 0) is 24.2 Å². The number of aromatic nitrogens is 2. The van der Waals surface area contributed by atoms with E-state index >= 15 is 0 Å². The van der Waals surface area contributed by atoms with Gasteiger partial charge in [0, 0.05) is 45.3 Å². The minimum atomic E-state index is -0.571. The van der Waals surface area contributed by atoms with E-state index in [0.717, 1.165) is 20.8 Å². The first-order chi connectivity index (χ1) is 12.8. The van der Waals surface area contributed by atoms with E-state index in [0.29, 0.717) is 26.1 Å². The van der Waals surface area contributed by atoms with Crippen molar-refractivity contribution in [2.24, 2.45) is 14.1 Å². The molecule has 7 nitrogen and oxygen atoms in total. The van der Waals surface area contributed by atoms with Crippen molar-refractivity contribution in [3.63, 3.8) is 0 Å². The van der Waals surface area contributed by atoms with E-state index in [1.165, 1.54) is 26.2 Å². The highest BCUT2D eigenvalue weighted by atomic mass is 19.1. The second-order valence-electron chi connectivity index (χ2n) is 6.85. The molecule has 1 aromatic carbocycles. The fourth-order valence-corrected chi connectivity index (χ4v) is 3.44. The van der Waals surface area contributed by atoms with E-state index in [1.54, 1.807) is 6.07 Å². The maximum atomic E-state index is 13.7. The van der Waals surface area contributed by atoms with Gasteiger partial charge in [0.1, 0.15) is 11.5 Å². The van der Waals surface area contributed by atoms with Crippen molar-refractivity contribution in [2.75, 3.05) is 19.8 Å². The Morgan fingerprint density at radius 1 is 1.19 bits per heavy atom. The second kappa shape index (κ2) is 7.48. The zero-order valence-electron chi connectivity index (χ0n) is 15.3. The molecule has 1 fully saturated rings. The third-order valence-electron chi connectivity index (χ3n) is 5.23. The van der Waals surface area contributed by atoms with E-state index in [2.05, 4.69) is 5.32 Å². The number of nitrogens with zero attached hydrogens (tertiary/aromatic N) is 2. The molecule has 0 spiro atoms. The van der Waals surface area contributed by atoms with Gasteiger partial charge in [0.05, 0.1) is 0 Å². The molecule has 1 N–H and O–H groups in total. The summed E-state index contributed by atoms with van der Waals surface area (Å²) in [5.74, 6) is -0.854. The maximum Gasteiger partial charge on any atom is 0.331 e. The first kappa shape index (κ1) is 19.0. The molecule has 1 amide bonds. The Balaban J connectivity index is 1.88. The molecule has 1 aliphatic rings. The van der Waals surface area contributed by atoms with Gasteiger partial charge in [-0.1, -0.05) is 12.1 Å². The molecule has 1 aromatic heterocycles. The maximum absolute atomic E-state index is 13.7. The van der Waals surface area contributed by atoms with Crippen molar-refractivity contribution in [2.45, 2.75) is 18.3 Å². The largest absolute Gasteiger partial charge is 0.381 e. The molecule has 0 radical (unpaired) electrons. The van der Waals surface area contributed by atoms with Crippen molar-refractivity contribution in [3.05, 3.63) is 68.2 Å². The molecule has 1 saturated heterocycles. The average molecular weight is 375 g/mol. The molecule has 0 atom stereocenters. The van der Waals surface area contributed by atoms with Crippen molar-refractivity contribution >= 4 is 5.91 Å². The summed E-state index contributed by atoms with van der Waals surface area (Å²) < 4.78 is 21.2. The highest BCUT2D eigenvalue weighted by Crippen LogP contribution is 2.34. The first-order valence-electron chi connectivity index (χ1n) is 8.73. The van der Waals surface area contributed by atoms with Gasteiger partial charge < -0.3 is 10.1 Å². The van der Waals surface area contributed by atoms with E-state index in [9.17, 15) is 18.8 Å². The number of halogens is 1. The number of hydrogen-bond donors (Lipinski definition) is 1. The van der Waals surface area contributed by atoms with Crippen LogP contribution in [0.5, 0.6) is 0 Å². The molecule has 8 heteroatoms. The van der Waals surface area contributed by atoms with Gasteiger partial charge in [-0.2, -0.15) is 0 Å². The molecule has 3 rings (SSSR count). The molecule has 27 heavy (non-hydrogen) atoms. The van der Waals surface area contributed by atoms with Gasteiger partial charge in [-0.05, 0) is 30.5 Å². The van der Waals surface area contributed by atoms with Crippen LogP contribution in [0.3, 0.4) is 0 Å². The standard InChI is InChI=1S/C19H22FN3O4/c1-22-15(11-16(24)23(2)18(22)26)17(25)21-12-19(6-8-27-9-7-19)13-4-3-5-14(20)10-13/h3-5,10-11H,6-9,12H2,1-2H3,(H,21,25).